The van der Waals surface area contributed by atoms with E-state index in [9.17, 15) is 0 Å². The Hall–Kier alpha value is -2.72. The van der Waals surface area contributed by atoms with E-state index < -0.39 is 0 Å². The summed E-state index contributed by atoms with van der Waals surface area (Å²) < 4.78 is 0. The van der Waals surface area contributed by atoms with Crippen LogP contribution in [0.25, 0.3) is 11.3 Å². The van der Waals surface area contributed by atoms with E-state index in [0.717, 1.165) is 41.3 Å². The predicted octanol–water partition coefficient (Wildman–Crippen LogP) is 4.54. The first-order valence-corrected chi connectivity index (χ1v) is 8.95. The molecule has 0 fully saturated rings. The van der Waals surface area contributed by atoms with Crippen LogP contribution in [0, 0.1) is 0 Å². The van der Waals surface area contributed by atoms with E-state index in [1.54, 1.807) is 6.33 Å². The Kier molecular flexibility index (Phi) is 4.43. The Balaban J connectivity index is 1.84. The summed E-state index contributed by atoms with van der Waals surface area (Å²) in [6.45, 7) is 0. The molecule has 0 radical (unpaired) electrons. The van der Waals surface area contributed by atoms with Gasteiger partial charge in [-0.05, 0) is 42.7 Å². The molecule has 2 aromatic carbocycles. The van der Waals surface area contributed by atoms with Crippen molar-refractivity contribution in [3.05, 3.63) is 76.6 Å². The van der Waals surface area contributed by atoms with E-state index >= 15 is 0 Å². The molecule has 1 aliphatic carbocycles. The predicted molar refractivity (Wildman–Crippen MR) is 106 cm³/mol. The SMILES string of the molecule is CN(C)C(=Nc1ncnc2c1CCc1ccccc1-2)c1ccc(Cl)cc1. The molecule has 26 heavy (non-hydrogen) atoms. The number of halogens is 1. The second-order valence-electron chi connectivity index (χ2n) is 6.52. The van der Waals surface area contributed by atoms with Crippen molar-refractivity contribution in [1.82, 2.24) is 14.9 Å². The summed E-state index contributed by atoms with van der Waals surface area (Å²) >= 11 is 6.02. The minimum atomic E-state index is 0.711. The fourth-order valence-corrected chi connectivity index (χ4v) is 3.44. The molecule has 0 unspecified atom stereocenters. The number of fused-ring (bicyclic) bond motifs is 3. The van der Waals surface area contributed by atoms with Crippen molar-refractivity contribution in [2.24, 2.45) is 4.99 Å². The molecule has 0 N–H and O–H groups in total. The highest BCUT2D eigenvalue weighted by molar-refractivity contribution is 6.30. The molecule has 4 rings (SSSR count). The minimum Gasteiger partial charge on any atom is -0.362 e. The van der Waals surface area contributed by atoms with E-state index in [0.29, 0.717) is 5.02 Å². The van der Waals surface area contributed by atoms with Crippen molar-refractivity contribution in [3.63, 3.8) is 0 Å². The van der Waals surface area contributed by atoms with Crippen molar-refractivity contribution in [2.75, 3.05) is 14.1 Å². The lowest BCUT2D eigenvalue weighted by Gasteiger charge is -2.21. The van der Waals surface area contributed by atoms with Gasteiger partial charge in [-0.3, -0.25) is 0 Å². The van der Waals surface area contributed by atoms with Crippen LogP contribution in [-0.2, 0) is 12.8 Å². The van der Waals surface area contributed by atoms with Gasteiger partial charge in [0, 0.05) is 35.8 Å². The van der Waals surface area contributed by atoms with Crippen molar-refractivity contribution in [3.8, 4) is 11.3 Å². The van der Waals surface area contributed by atoms with Crippen molar-refractivity contribution in [2.45, 2.75) is 12.8 Å². The largest absolute Gasteiger partial charge is 0.362 e. The third-order valence-corrected chi connectivity index (χ3v) is 4.83. The maximum Gasteiger partial charge on any atom is 0.161 e. The van der Waals surface area contributed by atoms with Crippen LogP contribution in [0.1, 0.15) is 16.7 Å². The van der Waals surface area contributed by atoms with Gasteiger partial charge in [0.2, 0.25) is 0 Å². The molecule has 0 saturated heterocycles. The van der Waals surface area contributed by atoms with Crippen LogP contribution in [0.3, 0.4) is 0 Å². The van der Waals surface area contributed by atoms with Crippen LogP contribution in [-0.4, -0.2) is 34.8 Å². The summed E-state index contributed by atoms with van der Waals surface area (Å²) in [6, 6.07) is 16.1. The molecule has 0 aliphatic heterocycles. The van der Waals surface area contributed by atoms with Crippen molar-refractivity contribution >= 4 is 23.3 Å². The normalized spacial score (nSPS) is 13.1. The minimum absolute atomic E-state index is 0.711. The molecule has 5 heteroatoms. The topological polar surface area (TPSA) is 41.4 Å². The van der Waals surface area contributed by atoms with Gasteiger partial charge in [-0.25, -0.2) is 15.0 Å². The number of hydrogen-bond acceptors (Lipinski definition) is 3. The number of nitrogens with zero attached hydrogens (tertiary/aromatic N) is 4. The lowest BCUT2D eigenvalue weighted by Crippen LogP contribution is -2.23. The summed E-state index contributed by atoms with van der Waals surface area (Å²) in [5.41, 5.74) is 5.63. The Morgan fingerprint density at radius 2 is 1.77 bits per heavy atom. The standard InChI is InChI=1S/C21H19ClN4/c1-26(2)21(15-7-10-16(22)11-8-15)25-20-18-12-9-14-5-3-4-6-17(14)19(18)23-13-24-20/h3-8,10-11,13H,9,12H2,1-2H3. The van der Waals surface area contributed by atoms with Gasteiger partial charge in [-0.15, -0.1) is 0 Å². The zero-order chi connectivity index (χ0) is 18.1. The maximum atomic E-state index is 6.02. The molecule has 1 aliphatic rings. The zero-order valence-corrected chi connectivity index (χ0v) is 15.5. The number of rotatable bonds is 2. The van der Waals surface area contributed by atoms with Crippen LogP contribution < -0.4 is 0 Å². The number of amidine groups is 1. The Morgan fingerprint density at radius 1 is 1.00 bits per heavy atom. The van der Waals surface area contributed by atoms with Crippen LogP contribution in [0.15, 0.2) is 59.9 Å². The monoisotopic (exact) mass is 362 g/mol. The van der Waals surface area contributed by atoms with Crippen LogP contribution in [0.5, 0.6) is 0 Å². The average Bonchev–Trinajstić information content (AvgIpc) is 2.66. The van der Waals surface area contributed by atoms with Gasteiger partial charge in [0.15, 0.2) is 5.82 Å². The summed E-state index contributed by atoms with van der Waals surface area (Å²) in [6.07, 6.45) is 3.49. The van der Waals surface area contributed by atoms with Crippen LogP contribution >= 0.6 is 11.6 Å². The first-order chi connectivity index (χ1) is 12.6. The number of aromatic nitrogens is 2. The molecular weight excluding hydrogens is 344 g/mol. The second-order valence-corrected chi connectivity index (χ2v) is 6.95. The summed E-state index contributed by atoms with van der Waals surface area (Å²) in [5, 5.41) is 0.711. The average molecular weight is 363 g/mol. The van der Waals surface area contributed by atoms with Gasteiger partial charge in [0.1, 0.15) is 12.2 Å². The molecule has 1 aromatic heterocycles. The van der Waals surface area contributed by atoms with E-state index in [1.807, 2.05) is 43.3 Å². The Labute approximate surface area is 158 Å². The number of aryl methyl sites for hydroxylation is 1. The lowest BCUT2D eigenvalue weighted by atomic mass is 9.89. The molecule has 4 nitrogen and oxygen atoms in total. The quantitative estimate of drug-likeness (QED) is 0.496. The lowest BCUT2D eigenvalue weighted by molar-refractivity contribution is 0.623. The highest BCUT2D eigenvalue weighted by Gasteiger charge is 2.21. The number of benzene rings is 2. The molecule has 3 aromatic rings. The highest BCUT2D eigenvalue weighted by atomic mass is 35.5. The second kappa shape index (κ2) is 6.89. The fourth-order valence-electron chi connectivity index (χ4n) is 3.31. The Morgan fingerprint density at radius 3 is 2.54 bits per heavy atom. The van der Waals surface area contributed by atoms with Gasteiger partial charge in [-0.2, -0.15) is 0 Å². The van der Waals surface area contributed by atoms with E-state index in [1.165, 1.54) is 11.1 Å². The van der Waals surface area contributed by atoms with E-state index in [-0.39, 0.29) is 0 Å². The molecule has 0 atom stereocenters. The first-order valence-electron chi connectivity index (χ1n) is 8.57. The van der Waals surface area contributed by atoms with Gasteiger partial charge in [-0.1, -0.05) is 35.9 Å². The summed E-state index contributed by atoms with van der Waals surface area (Å²) in [7, 11) is 3.97. The smallest absolute Gasteiger partial charge is 0.161 e. The molecular formula is C21H19ClN4. The van der Waals surface area contributed by atoms with Crippen molar-refractivity contribution < 1.29 is 0 Å². The third kappa shape index (κ3) is 3.08. The molecule has 1 heterocycles. The molecule has 0 saturated carbocycles. The number of aliphatic imine (C=N–C) groups is 1. The fraction of sp³-hybridized carbons (Fsp3) is 0.190. The van der Waals surface area contributed by atoms with Gasteiger partial charge >= 0.3 is 0 Å². The summed E-state index contributed by atoms with van der Waals surface area (Å²) in [4.78, 5) is 15.9. The Bertz CT molecular complexity index is 978. The first kappa shape index (κ1) is 16.7. The van der Waals surface area contributed by atoms with Gasteiger partial charge in [0.25, 0.3) is 0 Å². The summed E-state index contributed by atoms with van der Waals surface area (Å²) in [5.74, 6) is 1.59. The van der Waals surface area contributed by atoms with Crippen LogP contribution in [0.2, 0.25) is 5.02 Å². The van der Waals surface area contributed by atoms with E-state index in [4.69, 9.17) is 16.6 Å². The van der Waals surface area contributed by atoms with Crippen molar-refractivity contribution in [1.29, 1.82) is 0 Å². The molecule has 0 amide bonds. The van der Waals surface area contributed by atoms with Gasteiger partial charge < -0.3 is 4.90 Å². The van der Waals surface area contributed by atoms with E-state index in [2.05, 4.69) is 34.2 Å². The maximum absolute atomic E-state index is 6.02. The molecule has 0 spiro atoms. The third-order valence-electron chi connectivity index (χ3n) is 4.58. The zero-order valence-electron chi connectivity index (χ0n) is 14.8. The highest BCUT2D eigenvalue weighted by Crippen LogP contribution is 2.35. The molecule has 130 valence electrons. The van der Waals surface area contributed by atoms with Gasteiger partial charge in [0.05, 0.1) is 5.69 Å². The molecule has 0 bridgehead atoms. The van der Waals surface area contributed by atoms with Crippen LogP contribution in [0.4, 0.5) is 5.82 Å². The number of hydrogen-bond donors (Lipinski definition) is 0.